The van der Waals surface area contributed by atoms with Gasteiger partial charge in [-0.25, -0.2) is 14.9 Å². The van der Waals surface area contributed by atoms with Gasteiger partial charge in [0.2, 0.25) is 5.60 Å². The normalized spacial score (nSPS) is 18.2. The highest BCUT2D eigenvalue weighted by Gasteiger charge is 2.56. The quantitative estimate of drug-likeness (QED) is 0.137. The monoisotopic (exact) mass is 655 g/mol. The third-order valence-electron chi connectivity index (χ3n) is 6.89. The summed E-state index contributed by atoms with van der Waals surface area (Å²) in [6.07, 6.45) is -2.95. The highest BCUT2D eigenvalue weighted by Crippen LogP contribution is 2.40. The van der Waals surface area contributed by atoms with Crippen LogP contribution in [0.2, 0.25) is 0 Å². The van der Waals surface area contributed by atoms with Crippen LogP contribution in [0.15, 0.2) is 53.7 Å². The molecule has 0 radical (unpaired) electrons. The first-order valence-electron chi connectivity index (χ1n) is 13.7. The maximum Gasteiger partial charge on any atom is 0.424 e. The number of hydrogen-bond donors (Lipinski definition) is 4. The second-order valence-corrected chi connectivity index (χ2v) is 11.6. The molecule has 15 heteroatoms. The van der Waals surface area contributed by atoms with E-state index in [1.807, 2.05) is 13.8 Å². The van der Waals surface area contributed by atoms with Crippen molar-refractivity contribution >= 4 is 29.0 Å². The van der Waals surface area contributed by atoms with E-state index in [2.05, 4.69) is 20.7 Å². The van der Waals surface area contributed by atoms with Gasteiger partial charge in [-0.05, 0) is 61.4 Å². The van der Waals surface area contributed by atoms with Gasteiger partial charge in [-0.2, -0.15) is 13.2 Å². The van der Waals surface area contributed by atoms with Crippen molar-refractivity contribution in [3.63, 3.8) is 0 Å². The fourth-order valence-corrected chi connectivity index (χ4v) is 4.81. The lowest BCUT2D eigenvalue weighted by Gasteiger charge is -2.34. The molecule has 3 unspecified atom stereocenters. The van der Waals surface area contributed by atoms with E-state index in [-0.39, 0.29) is 34.4 Å². The van der Waals surface area contributed by atoms with Gasteiger partial charge in [-0.15, -0.1) is 16.7 Å². The lowest BCUT2D eigenvalue weighted by Crippen LogP contribution is -2.52. The smallest absolute Gasteiger partial charge is 0.424 e. The number of hydrogen-bond acceptors (Lipinski definition) is 8. The van der Waals surface area contributed by atoms with E-state index in [1.54, 1.807) is 13.8 Å². The van der Waals surface area contributed by atoms with Gasteiger partial charge in [-0.3, -0.25) is 9.59 Å². The molecule has 3 atom stereocenters. The summed E-state index contributed by atoms with van der Waals surface area (Å²) in [7, 11) is 1.24. The van der Waals surface area contributed by atoms with E-state index in [9.17, 15) is 32.3 Å². The summed E-state index contributed by atoms with van der Waals surface area (Å²) in [5.74, 6) is -1.87. The van der Waals surface area contributed by atoms with Crippen molar-refractivity contribution in [2.24, 2.45) is 5.11 Å². The molecule has 0 fully saturated rings. The number of nitrogens with zero attached hydrogens (tertiary/aromatic N) is 2. The molecule has 244 valence electrons. The molecule has 2 aromatic rings. The number of halogens is 5. The Morgan fingerprint density at radius 2 is 1.87 bits per heavy atom. The number of carbonyl (C=O) groups is 2. The van der Waals surface area contributed by atoms with Crippen LogP contribution in [0.5, 0.6) is 11.5 Å². The summed E-state index contributed by atoms with van der Waals surface area (Å²) in [5, 5.41) is 18.3. The van der Waals surface area contributed by atoms with Crippen molar-refractivity contribution in [2.75, 3.05) is 20.3 Å². The van der Waals surface area contributed by atoms with Crippen LogP contribution in [0.4, 0.5) is 17.6 Å². The van der Waals surface area contributed by atoms with Crippen molar-refractivity contribution in [3.8, 4) is 11.5 Å². The molecular formula is C30H34ClF4N5O5. The number of carbonyl (C=O) groups excluding carboxylic acids is 2. The van der Waals surface area contributed by atoms with Crippen molar-refractivity contribution in [1.29, 1.82) is 5.53 Å². The number of methoxy groups -OCH3 is 1. The molecule has 45 heavy (non-hydrogen) atoms. The zero-order chi connectivity index (χ0) is 33.7. The molecule has 1 aliphatic rings. The summed E-state index contributed by atoms with van der Waals surface area (Å²) in [6, 6.07) is 6.20. The molecule has 0 bridgehead atoms. The van der Waals surface area contributed by atoms with E-state index < -0.39 is 59.5 Å². The number of ether oxygens (including phenoxy) is 2. The number of aromatic nitrogens is 1. The Morgan fingerprint density at radius 1 is 1.18 bits per heavy atom. The Hall–Kier alpha value is -3.88. The molecule has 4 N–H and O–H groups in total. The highest BCUT2D eigenvalue weighted by atomic mass is 35.5. The highest BCUT2D eigenvalue weighted by molar-refractivity contribution is 6.23. The van der Waals surface area contributed by atoms with Gasteiger partial charge in [0.05, 0.1) is 30.4 Å². The van der Waals surface area contributed by atoms with Crippen molar-refractivity contribution in [1.82, 2.24) is 15.6 Å². The van der Waals surface area contributed by atoms with Gasteiger partial charge in [0.1, 0.15) is 6.17 Å². The number of benzene rings is 1. The zero-order valence-electron chi connectivity index (χ0n) is 25.1. The van der Waals surface area contributed by atoms with Crippen LogP contribution in [0.3, 0.4) is 0 Å². The van der Waals surface area contributed by atoms with Crippen LogP contribution in [0, 0.1) is 5.53 Å². The fraction of sp³-hybridized carbons (Fsp3) is 0.433. The predicted octanol–water partition coefficient (Wildman–Crippen LogP) is 5.34. The second-order valence-electron chi connectivity index (χ2n) is 11.1. The third kappa shape index (κ3) is 8.44. The number of amides is 2. The molecule has 1 aliphatic carbocycles. The average Bonchev–Trinajstić information content (AvgIpc) is 2.98. The Balaban J connectivity index is 2.03. The van der Waals surface area contributed by atoms with E-state index in [4.69, 9.17) is 26.6 Å². The summed E-state index contributed by atoms with van der Waals surface area (Å²) in [4.78, 5) is 28.4. The Morgan fingerprint density at radius 3 is 2.44 bits per heavy atom. The molecular weight excluding hydrogens is 622 g/mol. The minimum absolute atomic E-state index is 0.0148. The summed E-state index contributed by atoms with van der Waals surface area (Å²) < 4.78 is 68.4. The zero-order valence-corrected chi connectivity index (χ0v) is 25.9. The van der Waals surface area contributed by atoms with Crippen LogP contribution in [0.1, 0.15) is 55.0 Å². The number of allylic oxidation sites excluding steroid dienone is 4. The summed E-state index contributed by atoms with van der Waals surface area (Å²) in [6.45, 7) is 5.32. The fourth-order valence-electron chi connectivity index (χ4n) is 4.59. The SMILES string of the molecule is COc1cc(C(=O)NCC(O)(c2cc(C(C)(C)NC(C)C)cc(C3=CC(Cl)C(F)C=C3)n2)C(F)(F)F)ccc1OCC(=O)N=N. The average molecular weight is 656 g/mol. The molecule has 0 spiro atoms. The van der Waals surface area contributed by atoms with Crippen LogP contribution < -0.4 is 20.1 Å². The third-order valence-corrected chi connectivity index (χ3v) is 7.26. The topological polar surface area (TPSA) is 146 Å². The van der Waals surface area contributed by atoms with Crippen LogP contribution in [-0.2, 0) is 15.9 Å². The summed E-state index contributed by atoms with van der Waals surface area (Å²) >= 11 is 6.06. The van der Waals surface area contributed by atoms with Gasteiger partial charge in [0, 0.05) is 17.1 Å². The molecule has 0 saturated carbocycles. The van der Waals surface area contributed by atoms with Gasteiger partial charge in [0.15, 0.2) is 18.1 Å². The maximum absolute atomic E-state index is 14.7. The molecule has 10 nitrogen and oxygen atoms in total. The van der Waals surface area contributed by atoms with Crippen molar-refractivity contribution < 1.29 is 41.7 Å². The molecule has 1 aromatic heterocycles. The Bertz CT molecular complexity index is 1500. The van der Waals surface area contributed by atoms with Gasteiger partial charge in [-0.1, -0.05) is 26.0 Å². The lowest BCUT2D eigenvalue weighted by molar-refractivity contribution is -0.265. The Kier molecular flexibility index (Phi) is 11.1. The number of rotatable bonds is 12. The number of nitrogens with one attached hydrogen (secondary N) is 3. The van der Waals surface area contributed by atoms with E-state index in [1.165, 1.54) is 49.6 Å². The van der Waals surface area contributed by atoms with Crippen LogP contribution in [0.25, 0.3) is 5.57 Å². The number of alkyl halides is 5. The van der Waals surface area contributed by atoms with Gasteiger partial charge < -0.3 is 25.2 Å². The molecule has 0 saturated heterocycles. The first-order valence-corrected chi connectivity index (χ1v) is 14.1. The van der Waals surface area contributed by atoms with Crippen molar-refractivity contribution in [2.45, 2.75) is 62.6 Å². The lowest BCUT2D eigenvalue weighted by atomic mass is 9.87. The van der Waals surface area contributed by atoms with Crippen molar-refractivity contribution in [3.05, 3.63) is 71.1 Å². The molecule has 2 amide bonds. The number of pyridine rings is 1. The molecule has 1 aromatic carbocycles. The molecule has 0 aliphatic heterocycles. The second kappa shape index (κ2) is 14.0. The standard InChI is InChI=1S/C30H34ClF4N5O5/c1-16(2)39-28(3,4)19-12-22(17-6-8-21(32)20(31)10-17)38-25(13-19)29(43,30(33,34)35)15-37-27(42)18-7-9-23(24(11-18)44-5)45-14-26(41)40-36/h6-13,16,20-21,36,39,43H,14-15H2,1-5H3,(H,37,42). The predicted molar refractivity (Wildman–Crippen MR) is 158 cm³/mol. The first-order chi connectivity index (χ1) is 20.9. The van der Waals surface area contributed by atoms with Gasteiger partial charge in [0.25, 0.3) is 5.91 Å². The maximum atomic E-state index is 14.7. The van der Waals surface area contributed by atoms with Crippen LogP contribution in [-0.4, -0.2) is 65.9 Å². The minimum Gasteiger partial charge on any atom is -0.493 e. The van der Waals surface area contributed by atoms with Crippen LogP contribution >= 0.6 is 11.6 Å². The molecule has 3 rings (SSSR count). The summed E-state index contributed by atoms with van der Waals surface area (Å²) in [5.41, 5.74) is 1.80. The molecule has 1 heterocycles. The largest absolute Gasteiger partial charge is 0.493 e. The number of aliphatic hydroxyl groups is 1. The first kappa shape index (κ1) is 35.6. The van der Waals surface area contributed by atoms with E-state index in [0.29, 0.717) is 5.56 Å². The van der Waals surface area contributed by atoms with Gasteiger partial charge >= 0.3 is 12.1 Å². The van der Waals surface area contributed by atoms with E-state index in [0.717, 1.165) is 6.07 Å². The van der Waals surface area contributed by atoms with E-state index >= 15 is 0 Å². The Labute approximate surface area is 262 Å². The minimum atomic E-state index is -5.31.